The van der Waals surface area contributed by atoms with E-state index in [1.165, 1.54) is 23.3 Å². The second-order valence-corrected chi connectivity index (χ2v) is 9.49. The SMILES string of the molecule is Cc1ccc(C(CCCc2cnc(N3CCCC3)s2)C(=O)c2cccc(C)c2)cc1. The summed E-state index contributed by atoms with van der Waals surface area (Å²) in [6.07, 6.45) is 7.39. The Morgan fingerprint density at radius 3 is 2.57 bits per heavy atom. The molecular weight excluding hydrogens is 388 g/mol. The van der Waals surface area contributed by atoms with Gasteiger partial charge in [-0.05, 0) is 57.6 Å². The van der Waals surface area contributed by atoms with E-state index in [1.807, 2.05) is 48.7 Å². The van der Waals surface area contributed by atoms with Gasteiger partial charge in [0, 0.05) is 35.6 Å². The van der Waals surface area contributed by atoms with E-state index in [0.29, 0.717) is 0 Å². The van der Waals surface area contributed by atoms with Crippen LogP contribution in [0.15, 0.2) is 54.7 Å². The summed E-state index contributed by atoms with van der Waals surface area (Å²) in [4.78, 5) is 21.7. The van der Waals surface area contributed by atoms with E-state index >= 15 is 0 Å². The molecule has 4 heteroatoms. The van der Waals surface area contributed by atoms with Gasteiger partial charge in [-0.15, -0.1) is 11.3 Å². The Morgan fingerprint density at radius 1 is 1.07 bits per heavy atom. The van der Waals surface area contributed by atoms with Crippen LogP contribution in [0.3, 0.4) is 0 Å². The third-order valence-corrected chi connectivity index (χ3v) is 7.05. The van der Waals surface area contributed by atoms with Crippen molar-refractivity contribution in [3.63, 3.8) is 0 Å². The zero-order chi connectivity index (χ0) is 20.9. The van der Waals surface area contributed by atoms with Gasteiger partial charge in [-0.1, -0.05) is 53.6 Å². The second-order valence-electron chi connectivity index (χ2n) is 8.39. The Labute approximate surface area is 183 Å². The number of aromatic nitrogens is 1. The van der Waals surface area contributed by atoms with E-state index < -0.39 is 0 Å². The highest BCUT2D eigenvalue weighted by Gasteiger charge is 2.22. The molecule has 1 fully saturated rings. The molecule has 0 aliphatic carbocycles. The van der Waals surface area contributed by atoms with Crippen molar-refractivity contribution in [1.29, 1.82) is 0 Å². The summed E-state index contributed by atoms with van der Waals surface area (Å²) in [5.74, 6) is 0.128. The lowest BCUT2D eigenvalue weighted by molar-refractivity contribution is 0.0954. The highest BCUT2D eigenvalue weighted by atomic mass is 32.1. The van der Waals surface area contributed by atoms with Crippen LogP contribution in [-0.2, 0) is 6.42 Å². The van der Waals surface area contributed by atoms with Crippen molar-refractivity contribution < 1.29 is 4.79 Å². The summed E-state index contributed by atoms with van der Waals surface area (Å²) in [5, 5.41) is 1.16. The molecule has 30 heavy (non-hydrogen) atoms. The van der Waals surface area contributed by atoms with Crippen LogP contribution in [0, 0.1) is 13.8 Å². The number of carbonyl (C=O) groups is 1. The molecule has 0 saturated carbocycles. The molecule has 1 saturated heterocycles. The van der Waals surface area contributed by atoms with Crippen molar-refractivity contribution in [2.75, 3.05) is 18.0 Å². The van der Waals surface area contributed by atoms with Gasteiger partial charge >= 0.3 is 0 Å². The lowest BCUT2D eigenvalue weighted by atomic mass is 9.86. The molecule has 2 aromatic carbocycles. The number of rotatable bonds is 8. The van der Waals surface area contributed by atoms with Gasteiger partial charge < -0.3 is 4.90 Å². The number of Topliss-reactive ketones (excluding diaryl/α,β-unsaturated/α-hetero) is 1. The fourth-order valence-electron chi connectivity index (χ4n) is 4.20. The molecule has 0 spiro atoms. The highest BCUT2D eigenvalue weighted by Crippen LogP contribution is 2.30. The maximum Gasteiger partial charge on any atom is 0.185 e. The highest BCUT2D eigenvalue weighted by molar-refractivity contribution is 7.15. The largest absolute Gasteiger partial charge is 0.348 e. The Bertz CT molecular complexity index is 986. The van der Waals surface area contributed by atoms with E-state index in [1.54, 1.807) is 0 Å². The third-order valence-electron chi connectivity index (χ3n) is 5.93. The Hall–Kier alpha value is -2.46. The van der Waals surface area contributed by atoms with Crippen LogP contribution in [-0.4, -0.2) is 23.9 Å². The lowest BCUT2D eigenvalue weighted by Crippen LogP contribution is -2.16. The van der Waals surface area contributed by atoms with Crippen molar-refractivity contribution in [2.24, 2.45) is 0 Å². The van der Waals surface area contributed by atoms with Crippen LogP contribution in [0.1, 0.15) is 63.5 Å². The minimum absolute atomic E-state index is 0.0987. The minimum atomic E-state index is -0.0987. The van der Waals surface area contributed by atoms with E-state index in [4.69, 9.17) is 0 Å². The summed E-state index contributed by atoms with van der Waals surface area (Å²) in [6.45, 7) is 6.39. The summed E-state index contributed by atoms with van der Waals surface area (Å²) in [7, 11) is 0. The van der Waals surface area contributed by atoms with Gasteiger partial charge in [0.2, 0.25) is 0 Å². The van der Waals surface area contributed by atoms with Gasteiger partial charge in [0.1, 0.15) is 0 Å². The summed E-state index contributed by atoms with van der Waals surface area (Å²) in [5.41, 5.74) is 4.28. The third kappa shape index (κ3) is 4.99. The number of nitrogens with zero attached hydrogens (tertiary/aromatic N) is 2. The second kappa shape index (κ2) is 9.57. The van der Waals surface area contributed by atoms with Crippen molar-refractivity contribution in [3.05, 3.63) is 81.9 Å². The quantitative estimate of drug-likeness (QED) is 0.400. The predicted octanol–water partition coefficient (Wildman–Crippen LogP) is 6.35. The van der Waals surface area contributed by atoms with Gasteiger partial charge in [-0.3, -0.25) is 4.79 Å². The number of aryl methyl sites for hydroxylation is 3. The first kappa shape index (κ1) is 20.8. The maximum absolute atomic E-state index is 13.4. The first-order chi connectivity index (χ1) is 14.6. The number of thiazole rings is 1. The predicted molar refractivity (Wildman–Crippen MR) is 126 cm³/mol. The number of hydrogen-bond acceptors (Lipinski definition) is 4. The van der Waals surface area contributed by atoms with E-state index in [9.17, 15) is 4.79 Å². The van der Waals surface area contributed by atoms with Crippen molar-refractivity contribution in [1.82, 2.24) is 4.98 Å². The zero-order valence-electron chi connectivity index (χ0n) is 17.9. The zero-order valence-corrected chi connectivity index (χ0v) is 18.8. The molecule has 3 aromatic rings. The molecule has 0 amide bonds. The number of carbonyl (C=O) groups excluding carboxylic acids is 1. The minimum Gasteiger partial charge on any atom is -0.348 e. The molecule has 1 unspecified atom stereocenters. The average molecular weight is 419 g/mol. The van der Waals surface area contributed by atoms with E-state index in [2.05, 4.69) is 41.1 Å². The summed E-state index contributed by atoms with van der Waals surface area (Å²) < 4.78 is 0. The van der Waals surface area contributed by atoms with Crippen LogP contribution in [0.5, 0.6) is 0 Å². The number of hydrogen-bond donors (Lipinski definition) is 0. The molecule has 0 radical (unpaired) electrons. The van der Waals surface area contributed by atoms with Crippen LogP contribution in [0.4, 0.5) is 5.13 Å². The van der Waals surface area contributed by atoms with Gasteiger partial charge in [0.05, 0.1) is 0 Å². The lowest BCUT2D eigenvalue weighted by Gasteiger charge is -2.17. The molecule has 1 aliphatic heterocycles. The average Bonchev–Trinajstić information content (AvgIpc) is 3.44. The van der Waals surface area contributed by atoms with Gasteiger partial charge in [0.25, 0.3) is 0 Å². The molecule has 1 aromatic heterocycles. The number of ketones is 1. The van der Waals surface area contributed by atoms with Crippen LogP contribution >= 0.6 is 11.3 Å². The van der Waals surface area contributed by atoms with Gasteiger partial charge in [-0.25, -0.2) is 4.98 Å². The topological polar surface area (TPSA) is 33.2 Å². The smallest absolute Gasteiger partial charge is 0.185 e. The van der Waals surface area contributed by atoms with Crippen LogP contribution < -0.4 is 4.90 Å². The first-order valence-corrected chi connectivity index (χ1v) is 11.8. The van der Waals surface area contributed by atoms with E-state index in [0.717, 1.165) is 54.2 Å². The Kier molecular flexibility index (Phi) is 6.63. The van der Waals surface area contributed by atoms with E-state index in [-0.39, 0.29) is 11.7 Å². The molecule has 1 atom stereocenters. The Balaban J connectivity index is 1.46. The molecular formula is C26H30N2OS. The van der Waals surface area contributed by atoms with Crippen LogP contribution in [0.2, 0.25) is 0 Å². The Morgan fingerprint density at radius 2 is 1.83 bits per heavy atom. The number of benzene rings is 2. The normalized spacial score (nSPS) is 14.8. The first-order valence-electron chi connectivity index (χ1n) is 11.0. The van der Waals surface area contributed by atoms with Crippen LogP contribution in [0.25, 0.3) is 0 Å². The van der Waals surface area contributed by atoms with Gasteiger partial charge in [-0.2, -0.15) is 0 Å². The summed E-state index contributed by atoms with van der Waals surface area (Å²) in [6, 6.07) is 16.4. The standard InChI is InChI=1S/C26H30N2OS/c1-19-11-13-21(14-12-19)24(25(29)22-8-5-7-20(2)17-22)10-6-9-23-18-27-26(30-23)28-15-3-4-16-28/h5,7-8,11-14,17-18,24H,3-4,6,9-10,15-16H2,1-2H3. The fourth-order valence-corrected chi connectivity index (χ4v) is 5.20. The molecule has 4 rings (SSSR count). The fraction of sp³-hybridized carbons (Fsp3) is 0.385. The van der Waals surface area contributed by atoms with Crippen molar-refractivity contribution in [2.45, 2.75) is 51.9 Å². The molecule has 3 nitrogen and oxygen atoms in total. The monoisotopic (exact) mass is 418 g/mol. The number of anilines is 1. The van der Waals surface area contributed by atoms with Crippen molar-refractivity contribution in [3.8, 4) is 0 Å². The molecule has 1 aliphatic rings. The molecule has 0 N–H and O–H groups in total. The van der Waals surface area contributed by atoms with Gasteiger partial charge in [0.15, 0.2) is 10.9 Å². The molecule has 156 valence electrons. The molecule has 2 heterocycles. The maximum atomic E-state index is 13.4. The summed E-state index contributed by atoms with van der Waals surface area (Å²) >= 11 is 1.82. The van der Waals surface area contributed by atoms with Crippen molar-refractivity contribution >= 4 is 22.3 Å². The molecule has 0 bridgehead atoms.